The van der Waals surface area contributed by atoms with Gasteiger partial charge in [0, 0.05) is 50.6 Å². The van der Waals surface area contributed by atoms with Crippen molar-refractivity contribution in [3.8, 4) is 0 Å². The number of aryl methyl sites for hydroxylation is 2. The molecule has 3 aliphatic carbocycles. The van der Waals surface area contributed by atoms with Crippen molar-refractivity contribution in [2.75, 3.05) is 36.9 Å². The molecule has 7 rings (SSSR count). The zero-order chi connectivity index (χ0) is 31.8. The Bertz CT molecular complexity index is 1500. The van der Waals surface area contributed by atoms with E-state index in [0.717, 1.165) is 88.1 Å². The molecule has 1 aliphatic heterocycles. The van der Waals surface area contributed by atoms with Gasteiger partial charge in [-0.2, -0.15) is 10.1 Å². The van der Waals surface area contributed by atoms with E-state index < -0.39 is 5.97 Å². The molecule has 46 heavy (non-hydrogen) atoms. The molecule has 0 spiro atoms. The summed E-state index contributed by atoms with van der Waals surface area (Å²) in [6.07, 6.45) is 14.2. The van der Waals surface area contributed by atoms with E-state index in [1.165, 1.54) is 41.8 Å². The van der Waals surface area contributed by atoms with Crippen LogP contribution < -0.4 is 10.2 Å². The van der Waals surface area contributed by atoms with E-state index in [0.29, 0.717) is 11.8 Å². The molecule has 246 valence electrons. The van der Waals surface area contributed by atoms with Gasteiger partial charge in [-0.05, 0) is 100.0 Å². The molecule has 0 amide bonds. The largest absolute Gasteiger partial charge is 0.481 e. The van der Waals surface area contributed by atoms with Crippen LogP contribution in [0.3, 0.4) is 0 Å². The molecule has 9 heteroatoms. The third kappa shape index (κ3) is 6.66. The van der Waals surface area contributed by atoms with Crippen molar-refractivity contribution < 1.29 is 9.90 Å². The van der Waals surface area contributed by atoms with Crippen LogP contribution in [-0.2, 0) is 24.7 Å². The number of benzene rings is 1. The minimum Gasteiger partial charge on any atom is -0.481 e. The van der Waals surface area contributed by atoms with Gasteiger partial charge in [-0.25, -0.2) is 4.98 Å². The van der Waals surface area contributed by atoms with Crippen LogP contribution in [0, 0.1) is 23.7 Å². The van der Waals surface area contributed by atoms with Gasteiger partial charge < -0.3 is 20.2 Å². The van der Waals surface area contributed by atoms with Crippen molar-refractivity contribution in [1.82, 2.24) is 24.6 Å². The lowest BCUT2D eigenvalue weighted by molar-refractivity contribution is -0.143. The van der Waals surface area contributed by atoms with Crippen LogP contribution in [0.15, 0.2) is 42.7 Å². The number of anilines is 2. The molecular formula is C37H51N7O2. The zero-order valence-corrected chi connectivity index (χ0v) is 27.8. The van der Waals surface area contributed by atoms with E-state index in [1.807, 2.05) is 17.9 Å². The number of hydrogen-bond donors (Lipinski definition) is 2. The highest BCUT2D eigenvalue weighted by Crippen LogP contribution is 2.45. The summed E-state index contributed by atoms with van der Waals surface area (Å²) in [7, 11) is 4.14. The van der Waals surface area contributed by atoms with Crippen LogP contribution in [0.5, 0.6) is 0 Å². The summed E-state index contributed by atoms with van der Waals surface area (Å²) in [5.41, 5.74) is 5.00. The molecule has 2 aromatic heterocycles. The Morgan fingerprint density at radius 3 is 2.59 bits per heavy atom. The zero-order valence-electron chi connectivity index (χ0n) is 27.8. The molecule has 3 fully saturated rings. The molecule has 4 aliphatic rings. The van der Waals surface area contributed by atoms with Crippen LogP contribution in [0.2, 0.25) is 0 Å². The number of aromatic nitrogens is 4. The number of aliphatic carboxylic acids is 1. The summed E-state index contributed by atoms with van der Waals surface area (Å²) in [5, 5.41) is 18.1. The standard InChI is InChI=1S/C37H51N7O2/c1-4-34(25-10-12-26(13-11-25)36(45)46)43(3)37-40-32-15-14-27(24-8-6-5-7-9-24)19-31(32)35(41-37)39-33(30-20-38-42(2)21-30)23-44-17-16-28-18-29(28)22-44/h5-9,20-21,25-29,33-34H,4,10-19,22-23H2,1-3H3,(H,45,46)(H,39,40,41)/t25?,26?,27-,28?,29?,33+,34-/m1/s1. The number of carboxylic acid groups (broad SMARTS) is 1. The van der Waals surface area contributed by atoms with E-state index in [9.17, 15) is 9.90 Å². The maximum absolute atomic E-state index is 11.6. The summed E-state index contributed by atoms with van der Waals surface area (Å²) >= 11 is 0. The number of carboxylic acids is 1. The van der Waals surface area contributed by atoms with Crippen molar-refractivity contribution in [1.29, 1.82) is 0 Å². The quantitative estimate of drug-likeness (QED) is 0.265. The fraction of sp³-hybridized carbons (Fsp3) is 0.622. The topological polar surface area (TPSA) is 99.4 Å². The number of fused-ring (bicyclic) bond motifs is 2. The predicted molar refractivity (Wildman–Crippen MR) is 181 cm³/mol. The molecule has 0 radical (unpaired) electrons. The normalized spacial score (nSPS) is 27.2. The number of carbonyl (C=O) groups is 1. The molecule has 2 unspecified atom stereocenters. The van der Waals surface area contributed by atoms with Crippen molar-refractivity contribution in [2.45, 2.75) is 89.1 Å². The van der Waals surface area contributed by atoms with Gasteiger partial charge in [0.25, 0.3) is 0 Å². The highest BCUT2D eigenvalue weighted by molar-refractivity contribution is 5.70. The minimum atomic E-state index is -0.646. The van der Waals surface area contributed by atoms with Gasteiger partial charge >= 0.3 is 5.97 Å². The average Bonchev–Trinajstić information content (AvgIpc) is 3.73. The molecule has 2 N–H and O–H groups in total. The SMILES string of the molecule is CC[C@H](C1CCC(C(=O)O)CC1)N(C)c1nc2c(c(N[C@@H](CN3CCC4CC4C3)c3cnn(C)c3)n1)C[C@H](c1ccccc1)CC2. The molecule has 3 heterocycles. The Kier molecular flexibility index (Phi) is 9.03. The van der Waals surface area contributed by atoms with Crippen molar-refractivity contribution in [3.63, 3.8) is 0 Å². The van der Waals surface area contributed by atoms with E-state index in [4.69, 9.17) is 9.97 Å². The number of likely N-dealkylation sites (tertiary alicyclic amines) is 1. The number of hydrogen-bond acceptors (Lipinski definition) is 7. The van der Waals surface area contributed by atoms with Gasteiger partial charge in [-0.1, -0.05) is 37.3 Å². The first-order valence-electron chi connectivity index (χ1n) is 17.7. The Morgan fingerprint density at radius 1 is 1.09 bits per heavy atom. The fourth-order valence-corrected chi connectivity index (χ4v) is 8.81. The van der Waals surface area contributed by atoms with Gasteiger partial charge in [0.2, 0.25) is 5.95 Å². The first kappa shape index (κ1) is 31.2. The summed E-state index contributed by atoms with van der Waals surface area (Å²) in [5.74, 6) is 3.61. The second kappa shape index (κ2) is 13.3. The lowest BCUT2D eigenvalue weighted by atomic mass is 9.77. The predicted octanol–water partition coefficient (Wildman–Crippen LogP) is 6.08. The van der Waals surface area contributed by atoms with Gasteiger partial charge in [-0.15, -0.1) is 0 Å². The third-order valence-electron chi connectivity index (χ3n) is 11.7. The lowest BCUT2D eigenvalue weighted by Crippen LogP contribution is -2.41. The van der Waals surface area contributed by atoms with E-state index >= 15 is 0 Å². The van der Waals surface area contributed by atoms with Crippen LogP contribution >= 0.6 is 0 Å². The summed E-state index contributed by atoms with van der Waals surface area (Å²) in [4.78, 5) is 27.2. The van der Waals surface area contributed by atoms with Gasteiger partial charge in [0.1, 0.15) is 5.82 Å². The molecule has 3 aromatic rings. The Morgan fingerprint density at radius 2 is 1.89 bits per heavy atom. The number of rotatable bonds is 11. The molecule has 0 bridgehead atoms. The Balaban J connectivity index is 1.20. The van der Waals surface area contributed by atoms with Crippen LogP contribution in [0.25, 0.3) is 0 Å². The molecule has 1 aromatic carbocycles. The Hall–Kier alpha value is -3.46. The van der Waals surface area contributed by atoms with Gasteiger partial charge in [0.15, 0.2) is 0 Å². The van der Waals surface area contributed by atoms with Crippen molar-refractivity contribution in [2.24, 2.45) is 30.7 Å². The Labute approximate surface area is 273 Å². The van der Waals surface area contributed by atoms with Gasteiger partial charge in [-0.3, -0.25) is 9.48 Å². The summed E-state index contributed by atoms with van der Waals surface area (Å²) in [6.45, 7) is 5.53. The maximum atomic E-state index is 11.6. The lowest BCUT2D eigenvalue weighted by Gasteiger charge is -2.38. The minimum absolute atomic E-state index is 0.0755. The number of nitrogens with one attached hydrogen (secondary N) is 1. The summed E-state index contributed by atoms with van der Waals surface area (Å²) < 4.78 is 1.90. The van der Waals surface area contributed by atoms with E-state index in [1.54, 1.807) is 0 Å². The average molecular weight is 626 g/mol. The first-order valence-corrected chi connectivity index (χ1v) is 17.7. The maximum Gasteiger partial charge on any atom is 0.306 e. The molecule has 5 atom stereocenters. The van der Waals surface area contributed by atoms with Gasteiger partial charge in [0.05, 0.1) is 23.9 Å². The molecule has 1 saturated heterocycles. The van der Waals surface area contributed by atoms with E-state index in [-0.39, 0.29) is 18.0 Å². The number of piperidine rings is 1. The fourth-order valence-electron chi connectivity index (χ4n) is 8.81. The molecular weight excluding hydrogens is 574 g/mol. The van der Waals surface area contributed by atoms with Crippen molar-refractivity contribution >= 4 is 17.7 Å². The smallest absolute Gasteiger partial charge is 0.306 e. The third-order valence-corrected chi connectivity index (χ3v) is 11.7. The van der Waals surface area contributed by atoms with Crippen LogP contribution in [0.1, 0.15) is 92.6 Å². The second-order valence-corrected chi connectivity index (χ2v) is 14.6. The van der Waals surface area contributed by atoms with Crippen LogP contribution in [0.4, 0.5) is 11.8 Å². The monoisotopic (exact) mass is 625 g/mol. The molecule has 9 nitrogen and oxygen atoms in total. The highest BCUT2D eigenvalue weighted by atomic mass is 16.4. The summed E-state index contributed by atoms with van der Waals surface area (Å²) in [6, 6.07) is 11.3. The highest BCUT2D eigenvalue weighted by Gasteiger charge is 2.42. The van der Waals surface area contributed by atoms with E-state index in [2.05, 4.69) is 70.7 Å². The number of nitrogens with zero attached hydrogens (tertiary/aromatic N) is 6. The second-order valence-electron chi connectivity index (χ2n) is 14.6. The van der Waals surface area contributed by atoms with Crippen molar-refractivity contribution in [3.05, 3.63) is 65.1 Å². The first-order chi connectivity index (χ1) is 22.4. The molecule has 2 saturated carbocycles. The van der Waals surface area contributed by atoms with Crippen LogP contribution in [-0.4, -0.2) is 68.4 Å².